The zero-order valence-corrected chi connectivity index (χ0v) is 13.8. The average Bonchev–Trinajstić information content (AvgIpc) is 2.95. The molecule has 3 aromatic rings. The molecule has 0 aliphatic carbocycles. The Hall–Kier alpha value is -1.58. The van der Waals surface area contributed by atoms with Crippen LogP contribution in [0.1, 0.15) is 5.56 Å². The first-order chi connectivity index (χ1) is 10.5. The topological polar surface area (TPSA) is 59.8 Å². The van der Waals surface area contributed by atoms with E-state index in [4.69, 9.17) is 11.6 Å². The van der Waals surface area contributed by atoms with Crippen LogP contribution in [-0.2, 0) is 6.54 Å². The maximum atomic E-state index is 13.7. The van der Waals surface area contributed by atoms with Crippen LogP contribution >= 0.6 is 35.5 Å². The number of nitrogens with one attached hydrogen (secondary N) is 1. The van der Waals surface area contributed by atoms with E-state index in [0.29, 0.717) is 11.2 Å². The predicted octanol–water partition coefficient (Wildman–Crippen LogP) is 4.03. The van der Waals surface area contributed by atoms with Crippen LogP contribution in [0.15, 0.2) is 23.8 Å². The number of carbonyl (C=O) groups excluding carboxylic acids is 1. The Labute approximate surface area is 138 Å². The molecule has 0 fully saturated rings. The standard InChI is InChI=1S/C12H6BrClF2N4OS/c13-22-4-10-11(19-22)20(5-18-10)12(21)17-3-7-8(15)1-6(14)2-9(7)16/h1-2,4-5H,3H2/p+1. The van der Waals surface area contributed by atoms with Crippen LogP contribution < -0.4 is 5.32 Å². The van der Waals surface area contributed by atoms with Crippen molar-refractivity contribution in [2.75, 3.05) is 0 Å². The van der Waals surface area contributed by atoms with Crippen LogP contribution in [0.2, 0.25) is 5.02 Å². The Bertz CT molecular complexity index is 858. The molecule has 1 atom stereocenters. The molecule has 2 heterocycles. The summed E-state index contributed by atoms with van der Waals surface area (Å²) in [6.45, 7) is -0.315. The van der Waals surface area contributed by atoms with Crippen molar-refractivity contribution >= 4 is 52.7 Å². The molecule has 1 unspecified atom stereocenters. The molecule has 0 aliphatic rings. The number of hydrogen-bond acceptors (Lipinski definition) is 3. The minimum atomic E-state index is -0.818. The van der Waals surface area contributed by atoms with Gasteiger partial charge in [-0.15, -0.1) is 0 Å². The van der Waals surface area contributed by atoms with Crippen molar-refractivity contribution in [3.63, 3.8) is 0 Å². The van der Waals surface area contributed by atoms with Crippen LogP contribution in [0.25, 0.3) is 11.2 Å². The number of hydrogen-bond donors (Lipinski definition) is 1. The van der Waals surface area contributed by atoms with E-state index in [1.807, 2.05) is 0 Å². The number of aromatic nitrogens is 3. The van der Waals surface area contributed by atoms with Gasteiger partial charge < -0.3 is 5.32 Å². The molecule has 0 spiro atoms. The first kappa shape index (κ1) is 15.3. The lowest BCUT2D eigenvalue weighted by Gasteiger charge is -2.08. The number of halogens is 4. The van der Waals surface area contributed by atoms with E-state index in [1.54, 1.807) is 5.38 Å². The molecule has 0 radical (unpaired) electrons. The second-order valence-corrected chi connectivity index (χ2v) is 7.67. The molecule has 1 amide bonds. The van der Waals surface area contributed by atoms with E-state index >= 15 is 0 Å². The monoisotopic (exact) mass is 407 g/mol. The highest BCUT2D eigenvalue weighted by molar-refractivity contribution is 9.34. The van der Waals surface area contributed by atoms with Crippen LogP contribution in [0.3, 0.4) is 0 Å². The zero-order valence-electron chi connectivity index (χ0n) is 10.7. The molecule has 0 saturated carbocycles. The molecule has 3 rings (SSSR count). The summed E-state index contributed by atoms with van der Waals surface area (Å²) in [4.78, 5) is 16.1. The van der Waals surface area contributed by atoms with Gasteiger partial charge in [0.05, 0.1) is 6.54 Å². The quantitative estimate of drug-likeness (QED) is 0.651. The molecule has 2 aromatic heterocycles. The van der Waals surface area contributed by atoms with Gasteiger partial charge >= 0.3 is 6.03 Å². The van der Waals surface area contributed by atoms with Gasteiger partial charge in [0.2, 0.25) is 11.0 Å². The summed E-state index contributed by atoms with van der Waals surface area (Å²) >= 11 is 8.84. The molecule has 0 aliphatic heterocycles. The third kappa shape index (κ3) is 2.83. The van der Waals surface area contributed by atoms with Crippen molar-refractivity contribution in [2.24, 2.45) is 0 Å². The van der Waals surface area contributed by atoms with Gasteiger partial charge in [0.15, 0.2) is 14.6 Å². The minimum Gasteiger partial charge on any atom is -0.333 e. The summed E-state index contributed by atoms with van der Waals surface area (Å²) in [5, 5.41) is 4.14. The van der Waals surface area contributed by atoms with Gasteiger partial charge in [-0.3, -0.25) is 0 Å². The second kappa shape index (κ2) is 5.90. The molecule has 5 nitrogen and oxygen atoms in total. The van der Waals surface area contributed by atoms with Crippen molar-refractivity contribution in [1.82, 2.24) is 19.2 Å². The molecular weight excluding hydrogens is 402 g/mol. The van der Waals surface area contributed by atoms with Gasteiger partial charge in [-0.05, 0) is 16.5 Å². The number of rotatable bonds is 2. The summed E-state index contributed by atoms with van der Waals surface area (Å²) in [5.74, 6) is -1.64. The van der Waals surface area contributed by atoms with Gasteiger partial charge in [-0.1, -0.05) is 11.6 Å². The zero-order chi connectivity index (χ0) is 15.9. The normalized spacial score (nSPS) is 11.9. The molecule has 22 heavy (non-hydrogen) atoms. The van der Waals surface area contributed by atoms with E-state index in [1.165, 1.54) is 10.9 Å². The second-order valence-electron chi connectivity index (χ2n) is 4.30. The highest BCUT2D eigenvalue weighted by Gasteiger charge is 2.19. The number of benzene rings is 1. The fourth-order valence-electron chi connectivity index (χ4n) is 1.87. The highest BCUT2D eigenvalue weighted by Crippen LogP contribution is 2.27. The largest absolute Gasteiger partial charge is 0.333 e. The van der Waals surface area contributed by atoms with Crippen molar-refractivity contribution in [1.29, 1.82) is 0 Å². The van der Waals surface area contributed by atoms with Crippen molar-refractivity contribution in [3.8, 4) is 0 Å². The Morgan fingerprint density at radius 2 is 2.09 bits per heavy atom. The molecular formula is C12H7BrClF2N4OS+. The highest BCUT2D eigenvalue weighted by atomic mass is 79.9. The molecule has 0 bridgehead atoms. The minimum absolute atomic E-state index is 0.0452. The average molecular weight is 409 g/mol. The van der Waals surface area contributed by atoms with Gasteiger partial charge in [-0.2, -0.15) is 0 Å². The van der Waals surface area contributed by atoms with E-state index in [2.05, 4.69) is 29.5 Å². The maximum Gasteiger partial charge on any atom is 0.328 e. The van der Waals surface area contributed by atoms with E-state index < -0.39 is 26.8 Å². The Balaban J connectivity index is 1.81. The summed E-state index contributed by atoms with van der Waals surface area (Å²) in [6, 6.07) is 1.40. The van der Waals surface area contributed by atoms with E-state index in [9.17, 15) is 13.6 Å². The van der Waals surface area contributed by atoms with Gasteiger partial charge in [0.1, 0.15) is 18.0 Å². The van der Waals surface area contributed by atoms with Gasteiger partial charge in [-0.25, -0.2) is 23.1 Å². The third-order valence-corrected chi connectivity index (χ3v) is 4.87. The smallest absolute Gasteiger partial charge is 0.328 e. The lowest BCUT2D eigenvalue weighted by Crippen LogP contribution is -2.28. The number of imidazole rings is 1. The van der Waals surface area contributed by atoms with Crippen molar-refractivity contribution in [3.05, 3.63) is 46.1 Å². The Morgan fingerprint density at radius 1 is 1.41 bits per heavy atom. The van der Waals surface area contributed by atoms with Crippen LogP contribution in [0.5, 0.6) is 0 Å². The molecule has 1 N–H and O–H groups in total. The molecule has 1 aromatic carbocycles. The lowest BCUT2D eigenvalue weighted by atomic mass is 10.2. The summed E-state index contributed by atoms with van der Waals surface area (Å²) in [5.41, 5.74) is 0.715. The lowest BCUT2D eigenvalue weighted by molar-refractivity contribution is 0.242. The first-order valence-corrected chi connectivity index (χ1v) is 9.37. The first-order valence-electron chi connectivity index (χ1n) is 5.90. The number of amides is 1. The van der Waals surface area contributed by atoms with E-state index in [0.717, 1.165) is 12.1 Å². The number of nitrogens with zero attached hydrogens (tertiary/aromatic N) is 3. The third-order valence-electron chi connectivity index (χ3n) is 2.89. The maximum absolute atomic E-state index is 13.7. The Morgan fingerprint density at radius 3 is 2.77 bits per heavy atom. The summed E-state index contributed by atoms with van der Waals surface area (Å²) in [7, 11) is -0.500. The number of fused-ring (bicyclic) bond motifs is 1. The van der Waals surface area contributed by atoms with Crippen molar-refractivity contribution < 1.29 is 13.6 Å². The number of carbonyl (C=O) groups is 1. The van der Waals surface area contributed by atoms with Crippen LogP contribution in [0.4, 0.5) is 13.6 Å². The van der Waals surface area contributed by atoms with Gasteiger partial charge in [0.25, 0.3) is 14.8 Å². The molecule has 114 valence electrons. The van der Waals surface area contributed by atoms with Crippen LogP contribution in [0, 0.1) is 11.6 Å². The Kier molecular flexibility index (Phi) is 4.11. The van der Waals surface area contributed by atoms with Crippen molar-refractivity contribution in [2.45, 2.75) is 6.54 Å². The summed E-state index contributed by atoms with van der Waals surface area (Å²) < 4.78 is 32.7. The molecule has 0 saturated heterocycles. The fourth-order valence-corrected chi connectivity index (χ4v) is 3.75. The van der Waals surface area contributed by atoms with Crippen LogP contribution in [-0.4, -0.2) is 20.0 Å². The van der Waals surface area contributed by atoms with E-state index in [-0.39, 0.29) is 17.1 Å². The predicted molar refractivity (Wildman–Crippen MR) is 83.3 cm³/mol. The molecule has 10 heteroatoms. The van der Waals surface area contributed by atoms with Gasteiger partial charge in [0, 0.05) is 10.6 Å². The summed E-state index contributed by atoms with van der Waals surface area (Å²) in [6.07, 6.45) is 1.30. The SMILES string of the molecule is O=C(NCc1c(F)cc(Cl)cc1F)n1cnc2c[s+](Br)nc21. The fraction of sp³-hybridized carbons (Fsp3) is 0.0833.